The van der Waals surface area contributed by atoms with Crippen LogP contribution in [0.4, 0.5) is 10.1 Å². The number of hydrogen-bond acceptors (Lipinski definition) is 1. The van der Waals surface area contributed by atoms with E-state index < -0.39 is 5.82 Å². The van der Waals surface area contributed by atoms with E-state index >= 15 is 0 Å². The molecule has 0 aliphatic heterocycles. The van der Waals surface area contributed by atoms with E-state index in [1.807, 2.05) is 0 Å². The van der Waals surface area contributed by atoms with Crippen molar-refractivity contribution in [3.05, 3.63) is 28.0 Å². The highest BCUT2D eigenvalue weighted by molar-refractivity contribution is 6.36. The average molecular weight is 194 g/mol. The van der Waals surface area contributed by atoms with Crippen LogP contribution in [-0.4, -0.2) is 7.05 Å². The van der Waals surface area contributed by atoms with Crippen molar-refractivity contribution in [1.82, 2.24) is 0 Å². The Kier molecular flexibility index (Phi) is 2.58. The van der Waals surface area contributed by atoms with Crippen molar-refractivity contribution in [3.63, 3.8) is 0 Å². The first-order valence-corrected chi connectivity index (χ1v) is 3.73. The largest absolute Gasteiger partial charge is 0.387 e. The first-order valence-electron chi connectivity index (χ1n) is 2.97. The second-order valence-corrected chi connectivity index (χ2v) is 2.81. The number of anilines is 1. The molecule has 0 fully saturated rings. The van der Waals surface area contributed by atoms with Crippen molar-refractivity contribution < 1.29 is 4.39 Å². The Bertz CT molecular complexity index is 275. The quantitative estimate of drug-likeness (QED) is 0.677. The monoisotopic (exact) mass is 193 g/mol. The molecule has 0 saturated heterocycles. The third kappa shape index (κ3) is 1.76. The van der Waals surface area contributed by atoms with Crippen LogP contribution in [-0.2, 0) is 0 Å². The zero-order valence-electron chi connectivity index (χ0n) is 5.79. The summed E-state index contributed by atoms with van der Waals surface area (Å²) >= 11 is 11.1. The molecule has 0 amide bonds. The van der Waals surface area contributed by atoms with Crippen LogP contribution in [0.3, 0.4) is 0 Å². The molecule has 0 saturated carbocycles. The minimum Gasteiger partial charge on any atom is -0.387 e. The summed E-state index contributed by atoms with van der Waals surface area (Å²) in [5.41, 5.74) is 0.536. The highest BCUT2D eigenvalue weighted by atomic mass is 35.5. The number of rotatable bonds is 1. The van der Waals surface area contributed by atoms with Crippen molar-refractivity contribution in [2.24, 2.45) is 0 Å². The first kappa shape index (κ1) is 8.62. The van der Waals surface area contributed by atoms with E-state index in [2.05, 4.69) is 5.32 Å². The average Bonchev–Trinajstić information content (AvgIpc) is 1.97. The van der Waals surface area contributed by atoms with Gasteiger partial charge in [-0.05, 0) is 6.07 Å². The molecule has 1 rings (SSSR count). The molecule has 1 N–H and O–H groups in total. The molecule has 0 atom stereocenters. The third-order valence-electron chi connectivity index (χ3n) is 1.28. The molecule has 4 heteroatoms. The van der Waals surface area contributed by atoms with Crippen LogP contribution < -0.4 is 5.32 Å². The van der Waals surface area contributed by atoms with Crippen LogP contribution in [0, 0.1) is 5.82 Å². The van der Waals surface area contributed by atoms with E-state index in [-0.39, 0.29) is 5.02 Å². The van der Waals surface area contributed by atoms with Gasteiger partial charge in [0.05, 0.1) is 15.7 Å². The van der Waals surface area contributed by atoms with Crippen LogP contribution in [0.2, 0.25) is 10.0 Å². The molecule has 0 aliphatic rings. The second-order valence-electron chi connectivity index (χ2n) is 2.00. The zero-order chi connectivity index (χ0) is 8.43. The fraction of sp³-hybridized carbons (Fsp3) is 0.143. The Morgan fingerprint density at radius 2 is 1.91 bits per heavy atom. The highest BCUT2D eigenvalue weighted by Gasteiger charge is 2.04. The summed E-state index contributed by atoms with van der Waals surface area (Å²) in [5.74, 6) is -0.472. The fourth-order valence-electron chi connectivity index (χ4n) is 0.714. The van der Waals surface area contributed by atoms with Gasteiger partial charge in [-0.2, -0.15) is 0 Å². The molecule has 0 aromatic heterocycles. The van der Waals surface area contributed by atoms with Crippen molar-refractivity contribution in [2.75, 3.05) is 12.4 Å². The smallest absolute Gasteiger partial charge is 0.143 e. The van der Waals surface area contributed by atoms with Crippen LogP contribution in [0.5, 0.6) is 0 Å². The van der Waals surface area contributed by atoms with E-state index in [4.69, 9.17) is 23.2 Å². The number of halogens is 3. The van der Waals surface area contributed by atoms with Gasteiger partial charge in [0.1, 0.15) is 5.82 Å². The molecule has 0 aliphatic carbocycles. The second kappa shape index (κ2) is 3.28. The summed E-state index contributed by atoms with van der Waals surface area (Å²) in [7, 11) is 1.66. The van der Waals surface area contributed by atoms with Crippen LogP contribution in [0.15, 0.2) is 12.1 Å². The maximum absolute atomic E-state index is 12.7. The van der Waals surface area contributed by atoms with Crippen LogP contribution in [0.25, 0.3) is 0 Å². The van der Waals surface area contributed by atoms with Gasteiger partial charge >= 0.3 is 0 Å². The molecule has 0 unspecified atom stereocenters. The summed E-state index contributed by atoms with van der Waals surface area (Å²) in [6.45, 7) is 0. The van der Waals surface area contributed by atoms with E-state index in [0.717, 1.165) is 0 Å². The lowest BCUT2D eigenvalue weighted by Crippen LogP contribution is -1.90. The molecule has 0 radical (unpaired) electrons. The molecular weight excluding hydrogens is 188 g/mol. The van der Waals surface area contributed by atoms with Gasteiger partial charge in [-0.25, -0.2) is 4.39 Å². The molecule has 0 bridgehead atoms. The molecule has 0 spiro atoms. The maximum Gasteiger partial charge on any atom is 0.143 e. The summed E-state index contributed by atoms with van der Waals surface area (Å²) in [6.07, 6.45) is 0. The van der Waals surface area contributed by atoms with Gasteiger partial charge in [-0.1, -0.05) is 23.2 Å². The van der Waals surface area contributed by atoms with Gasteiger partial charge in [-0.3, -0.25) is 0 Å². The number of hydrogen-bond donors (Lipinski definition) is 1. The van der Waals surface area contributed by atoms with Gasteiger partial charge in [0.2, 0.25) is 0 Å². The summed E-state index contributed by atoms with van der Waals surface area (Å²) in [6, 6.07) is 2.62. The minimum atomic E-state index is -0.472. The van der Waals surface area contributed by atoms with Crippen LogP contribution >= 0.6 is 23.2 Å². The summed E-state index contributed by atoms with van der Waals surface area (Å²) in [4.78, 5) is 0. The molecule has 1 nitrogen and oxygen atoms in total. The standard InChI is InChI=1S/C7H6Cl2FN/c1-11-7-3-6(10)4(8)2-5(7)9/h2-3,11H,1H3. The van der Waals surface area contributed by atoms with Gasteiger partial charge in [-0.15, -0.1) is 0 Å². The van der Waals surface area contributed by atoms with Gasteiger partial charge in [0.25, 0.3) is 0 Å². The lowest BCUT2D eigenvalue weighted by Gasteiger charge is -2.03. The highest BCUT2D eigenvalue weighted by Crippen LogP contribution is 2.27. The van der Waals surface area contributed by atoms with E-state index in [0.29, 0.717) is 10.7 Å². The fourth-order valence-corrected chi connectivity index (χ4v) is 1.19. The molecule has 11 heavy (non-hydrogen) atoms. The molecule has 1 aromatic carbocycles. The van der Waals surface area contributed by atoms with Gasteiger partial charge < -0.3 is 5.32 Å². The lowest BCUT2D eigenvalue weighted by atomic mass is 10.3. The number of nitrogens with one attached hydrogen (secondary N) is 1. The van der Waals surface area contributed by atoms with Crippen molar-refractivity contribution >= 4 is 28.9 Å². The topological polar surface area (TPSA) is 12.0 Å². The maximum atomic E-state index is 12.7. The lowest BCUT2D eigenvalue weighted by molar-refractivity contribution is 0.629. The van der Waals surface area contributed by atoms with Gasteiger partial charge in [0, 0.05) is 13.1 Å². The van der Waals surface area contributed by atoms with E-state index in [1.54, 1.807) is 7.05 Å². The Morgan fingerprint density at radius 3 is 2.45 bits per heavy atom. The van der Waals surface area contributed by atoms with Crippen molar-refractivity contribution in [3.8, 4) is 0 Å². The Labute approximate surface area is 74.1 Å². The Hall–Kier alpha value is -0.470. The summed E-state index contributed by atoms with van der Waals surface area (Å²) < 4.78 is 12.7. The Balaban J connectivity index is 3.21. The van der Waals surface area contributed by atoms with Crippen LogP contribution in [0.1, 0.15) is 0 Å². The minimum absolute atomic E-state index is 0.0361. The SMILES string of the molecule is CNc1cc(F)c(Cl)cc1Cl. The Morgan fingerprint density at radius 1 is 1.27 bits per heavy atom. The van der Waals surface area contributed by atoms with Crippen molar-refractivity contribution in [1.29, 1.82) is 0 Å². The van der Waals surface area contributed by atoms with E-state index in [1.165, 1.54) is 12.1 Å². The molecule has 1 aromatic rings. The zero-order valence-corrected chi connectivity index (χ0v) is 7.30. The molecule has 60 valence electrons. The van der Waals surface area contributed by atoms with Crippen molar-refractivity contribution in [2.45, 2.75) is 0 Å². The van der Waals surface area contributed by atoms with Gasteiger partial charge in [0.15, 0.2) is 0 Å². The third-order valence-corrected chi connectivity index (χ3v) is 1.88. The molecule has 0 heterocycles. The number of benzene rings is 1. The normalized spacial score (nSPS) is 9.82. The van der Waals surface area contributed by atoms with E-state index in [9.17, 15) is 4.39 Å². The predicted octanol–water partition coefficient (Wildman–Crippen LogP) is 3.17. The summed E-state index contributed by atoms with van der Waals surface area (Å²) in [5, 5.41) is 3.18. The first-order chi connectivity index (χ1) is 5.15. The predicted molar refractivity (Wildman–Crippen MR) is 46.0 cm³/mol. The molecular formula is C7H6Cl2FN.